The van der Waals surface area contributed by atoms with E-state index in [-0.39, 0.29) is 38.8 Å². The summed E-state index contributed by atoms with van der Waals surface area (Å²) in [6, 6.07) is 2.03. The van der Waals surface area contributed by atoms with Gasteiger partial charge in [-0.2, -0.15) is 27.0 Å². The largest absolute Gasteiger partial charge is 0.418 e. The fourth-order valence-electron chi connectivity index (χ4n) is 6.10. The van der Waals surface area contributed by atoms with Crippen molar-refractivity contribution in [1.29, 1.82) is 0 Å². The molecule has 4 saturated heterocycles. The van der Waals surface area contributed by atoms with Crippen LogP contribution in [0, 0.1) is 0 Å². The summed E-state index contributed by atoms with van der Waals surface area (Å²) in [6.07, 6.45) is 7.29. The van der Waals surface area contributed by atoms with E-state index in [0.717, 1.165) is 9.80 Å². The molecule has 54 heavy (non-hydrogen) atoms. The summed E-state index contributed by atoms with van der Waals surface area (Å²) in [4.78, 5) is 82.9. The van der Waals surface area contributed by atoms with Crippen LogP contribution < -0.4 is 21.7 Å². The second-order valence-corrected chi connectivity index (χ2v) is 14.2. The van der Waals surface area contributed by atoms with Crippen molar-refractivity contribution in [3.05, 3.63) is 60.2 Å². The predicted molar refractivity (Wildman–Crippen MR) is 175 cm³/mol. The molecule has 4 aliphatic heterocycles. The van der Waals surface area contributed by atoms with Crippen LogP contribution in [0.1, 0.15) is 36.8 Å². The van der Waals surface area contributed by atoms with E-state index in [1.807, 2.05) is 0 Å². The van der Waals surface area contributed by atoms with Gasteiger partial charge in [0, 0.05) is 37.9 Å². The summed E-state index contributed by atoms with van der Waals surface area (Å²) in [5, 5.41) is 1.09. The minimum absolute atomic E-state index is 0.0134. The predicted octanol–water partition coefficient (Wildman–Crippen LogP) is -2.45. The van der Waals surface area contributed by atoms with Crippen LogP contribution in [-0.2, 0) is 61.4 Å². The van der Waals surface area contributed by atoms with Crippen molar-refractivity contribution in [1.82, 2.24) is 51.6 Å². The lowest BCUT2D eigenvalue weighted by atomic mass is 10.0. The van der Waals surface area contributed by atoms with Crippen LogP contribution >= 0.6 is 0 Å². The highest BCUT2D eigenvalue weighted by atomic mass is 32.3. The summed E-state index contributed by atoms with van der Waals surface area (Å²) >= 11 is 0. The molecule has 0 spiro atoms. The third-order valence-electron chi connectivity index (χ3n) is 8.45. The Bertz CT molecular complexity index is 1830. The van der Waals surface area contributed by atoms with Gasteiger partial charge in [-0.3, -0.25) is 60.0 Å². The van der Waals surface area contributed by atoms with Gasteiger partial charge in [-0.15, -0.1) is 8.57 Å². The van der Waals surface area contributed by atoms with E-state index < -0.39 is 80.7 Å². The van der Waals surface area contributed by atoms with Crippen LogP contribution in [0.4, 0.5) is 9.59 Å². The number of carbonyl (C=O) groups is 6. The van der Waals surface area contributed by atoms with E-state index in [4.69, 9.17) is 9.11 Å². The molecule has 4 bridgehead atoms. The number of hydrogen-bond acceptors (Lipinski definition) is 14. The van der Waals surface area contributed by atoms with Crippen molar-refractivity contribution >= 4 is 56.5 Å². The lowest BCUT2D eigenvalue weighted by Gasteiger charge is -2.29. The number of pyridine rings is 2. The van der Waals surface area contributed by atoms with Gasteiger partial charge in [-0.25, -0.2) is 9.59 Å². The molecule has 4 fully saturated rings. The molecular formula is C28H34N10O14S2. The van der Waals surface area contributed by atoms with Gasteiger partial charge in [0.2, 0.25) is 11.8 Å². The molecule has 24 nitrogen and oxygen atoms in total. The normalized spacial score (nSPS) is 21.9. The zero-order valence-electron chi connectivity index (χ0n) is 27.9. The Morgan fingerprint density at radius 2 is 1.13 bits per heavy atom. The molecule has 0 aliphatic carbocycles. The number of hydrazine groups is 2. The summed E-state index contributed by atoms with van der Waals surface area (Å²) in [7, 11) is -9.70. The smallest absolute Gasteiger partial charge is 0.309 e. The Hall–Kier alpha value is -5.54. The fraction of sp³-hybridized carbons (Fsp3) is 0.429. The Morgan fingerprint density at radius 3 is 1.56 bits per heavy atom. The number of rotatable bonds is 10. The molecule has 0 radical (unpaired) electrons. The Labute approximate surface area is 306 Å². The van der Waals surface area contributed by atoms with E-state index in [2.05, 4.69) is 40.2 Å². The number of amides is 8. The highest BCUT2D eigenvalue weighted by molar-refractivity contribution is 7.81. The number of fused-ring (bicyclic) bond motifs is 4. The SMILES string of the molecule is O=C(Cc1cccnc1)NNC(=O)[C@@H]1CC[C@@H]2CN1C(=O)N2OS(=O)(=O)O.O=C(Cc1ccncc1)NNC(=O)[C@@H]1CC[C@@H]2CN1C(=O)N2OS(=O)(=O)O. The average molecular weight is 799 g/mol. The number of hydroxylamine groups is 4. The third kappa shape index (κ3) is 10.3. The molecule has 6 rings (SSSR count). The minimum atomic E-state index is -4.85. The molecule has 6 N–H and O–H groups in total. The molecule has 0 unspecified atom stereocenters. The van der Waals surface area contributed by atoms with Gasteiger partial charge < -0.3 is 9.80 Å². The summed E-state index contributed by atoms with van der Waals surface area (Å²) in [5.41, 5.74) is 10.4. The number of urea groups is 2. The number of nitrogens with one attached hydrogen (secondary N) is 4. The van der Waals surface area contributed by atoms with Gasteiger partial charge in [0.1, 0.15) is 12.1 Å². The first kappa shape index (κ1) is 39.7. The lowest BCUT2D eigenvalue weighted by Crippen LogP contribution is -2.54. The molecule has 4 atom stereocenters. The van der Waals surface area contributed by atoms with Crippen LogP contribution in [0.2, 0.25) is 0 Å². The average Bonchev–Trinajstić information content (AvgIpc) is 3.49. The maximum absolute atomic E-state index is 12.3. The second kappa shape index (κ2) is 16.6. The molecule has 26 heteroatoms. The molecule has 0 aromatic carbocycles. The standard InChI is InChI=1S/2C14H17N5O7S/c20-12(7-9-3-5-15-6-4-9)16-17-13(21)11-2-1-10-8-18(11)14(22)19(10)26-27(23,24)25;20-12(6-9-2-1-5-15-7-9)16-17-13(21)11-4-3-10-8-18(11)14(22)19(10)26-27(23,24)25/h3-6,10-11H,1-2,7-8H2,(H,16,20)(H,17,21)(H,23,24,25);1-2,5,7,10-11H,3-4,6,8H2,(H,16,20)(H,17,21)(H,23,24,25)/t2*10-,11+/m11/s1. The van der Waals surface area contributed by atoms with E-state index in [1.54, 1.807) is 42.9 Å². The number of aromatic nitrogens is 2. The van der Waals surface area contributed by atoms with Crippen LogP contribution in [0.25, 0.3) is 0 Å². The highest BCUT2D eigenvalue weighted by Gasteiger charge is 2.50. The van der Waals surface area contributed by atoms with Crippen molar-refractivity contribution in [2.24, 2.45) is 0 Å². The first-order valence-electron chi connectivity index (χ1n) is 16.0. The van der Waals surface area contributed by atoms with Gasteiger partial charge in [0.05, 0.1) is 24.9 Å². The molecule has 4 aliphatic rings. The zero-order valence-corrected chi connectivity index (χ0v) is 29.5. The summed E-state index contributed by atoms with van der Waals surface area (Å²) in [5.74, 6) is -2.14. The van der Waals surface area contributed by atoms with Crippen LogP contribution in [0.3, 0.4) is 0 Å². The first-order chi connectivity index (χ1) is 25.5. The molecule has 2 aromatic heterocycles. The minimum Gasteiger partial charge on any atom is -0.309 e. The Kier molecular flexibility index (Phi) is 12.2. The summed E-state index contributed by atoms with van der Waals surface area (Å²) in [6.45, 7) is 0.132. The number of hydrogen-bond donors (Lipinski definition) is 6. The van der Waals surface area contributed by atoms with Crippen molar-refractivity contribution in [3.63, 3.8) is 0 Å². The first-order valence-corrected chi connectivity index (χ1v) is 18.7. The Morgan fingerprint density at radius 1 is 0.667 bits per heavy atom. The second-order valence-electron chi connectivity index (χ2n) is 12.2. The van der Waals surface area contributed by atoms with Crippen LogP contribution in [0.15, 0.2) is 49.1 Å². The maximum atomic E-state index is 12.3. The fourth-order valence-corrected chi connectivity index (χ4v) is 6.88. The molecule has 292 valence electrons. The van der Waals surface area contributed by atoms with E-state index in [9.17, 15) is 45.6 Å². The van der Waals surface area contributed by atoms with Gasteiger partial charge in [-0.05, 0) is 55.0 Å². The lowest BCUT2D eigenvalue weighted by molar-refractivity contribution is -0.131. The van der Waals surface area contributed by atoms with Gasteiger partial charge in [-0.1, -0.05) is 6.07 Å². The van der Waals surface area contributed by atoms with Crippen molar-refractivity contribution < 1.29 is 63.3 Å². The molecular weight excluding hydrogens is 764 g/mol. The van der Waals surface area contributed by atoms with Crippen molar-refractivity contribution in [2.45, 2.75) is 62.7 Å². The molecule has 2 aromatic rings. The number of carbonyl (C=O) groups excluding carboxylic acids is 6. The van der Waals surface area contributed by atoms with Gasteiger partial charge in [0.15, 0.2) is 0 Å². The van der Waals surface area contributed by atoms with Crippen molar-refractivity contribution in [2.75, 3.05) is 13.1 Å². The maximum Gasteiger partial charge on any atom is 0.418 e. The van der Waals surface area contributed by atoms with Crippen LogP contribution in [0.5, 0.6) is 0 Å². The van der Waals surface area contributed by atoms with Gasteiger partial charge >= 0.3 is 32.9 Å². The number of piperidine rings is 2. The molecule has 6 heterocycles. The molecule has 0 saturated carbocycles. The molecule has 8 amide bonds. The van der Waals surface area contributed by atoms with E-state index in [0.29, 0.717) is 34.1 Å². The van der Waals surface area contributed by atoms with E-state index >= 15 is 0 Å². The zero-order chi connectivity index (χ0) is 39.2. The van der Waals surface area contributed by atoms with E-state index in [1.165, 1.54) is 6.20 Å². The highest BCUT2D eigenvalue weighted by Crippen LogP contribution is 2.31. The van der Waals surface area contributed by atoms with Crippen molar-refractivity contribution in [3.8, 4) is 0 Å². The third-order valence-corrected chi connectivity index (χ3v) is 9.15. The van der Waals surface area contributed by atoms with Crippen LogP contribution in [-0.4, -0.2) is 129 Å². The monoisotopic (exact) mass is 798 g/mol. The summed E-state index contributed by atoms with van der Waals surface area (Å²) < 4.78 is 69.5. The quantitative estimate of drug-likeness (QED) is 0.107. The topological polar surface area (TPSA) is 316 Å². The Balaban J connectivity index is 0.000000208. The number of nitrogens with zero attached hydrogens (tertiary/aromatic N) is 6. The van der Waals surface area contributed by atoms with Gasteiger partial charge in [0.25, 0.3) is 11.8 Å².